The maximum atomic E-state index is 2.55. The highest BCUT2D eigenvalue weighted by molar-refractivity contribution is 4.65. The number of unbranched alkanes of at least 4 members (excludes halogenated alkanes) is 11. The maximum Gasteiger partial charge on any atom is -0.00190 e. The van der Waals surface area contributed by atoms with Crippen LogP contribution in [0.15, 0.2) is 0 Å². The molecule has 0 radical (unpaired) electrons. The second-order valence-electron chi connectivity index (χ2n) is 8.56. The molecule has 1 aliphatic carbocycles. The third kappa shape index (κ3) is 13.8. The topological polar surface area (TPSA) is 3.24 Å². The predicted molar refractivity (Wildman–Crippen MR) is 114 cm³/mol. The fourth-order valence-corrected chi connectivity index (χ4v) is 4.55. The van der Waals surface area contributed by atoms with Crippen LogP contribution in [0.2, 0.25) is 0 Å². The van der Waals surface area contributed by atoms with Crippen molar-refractivity contribution in [3.05, 3.63) is 0 Å². The van der Waals surface area contributed by atoms with Crippen molar-refractivity contribution in [2.45, 2.75) is 129 Å². The number of hydrogen-bond donors (Lipinski definition) is 0. The van der Waals surface area contributed by atoms with Gasteiger partial charge in [0.05, 0.1) is 0 Å². The molecule has 1 fully saturated rings. The van der Waals surface area contributed by atoms with Crippen LogP contribution >= 0.6 is 0 Å². The molecule has 0 amide bonds. The van der Waals surface area contributed by atoms with Crippen LogP contribution < -0.4 is 0 Å². The summed E-state index contributed by atoms with van der Waals surface area (Å²) in [4.78, 5) is 2.55. The van der Waals surface area contributed by atoms with Gasteiger partial charge in [0.1, 0.15) is 0 Å². The lowest BCUT2D eigenvalue weighted by molar-refractivity contribution is 0.295. The molecule has 0 heterocycles. The fourth-order valence-electron chi connectivity index (χ4n) is 4.55. The Bertz CT molecular complexity index is 253. The van der Waals surface area contributed by atoms with E-state index >= 15 is 0 Å². The van der Waals surface area contributed by atoms with Crippen LogP contribution in [0.1, 0.15) is 129 Å². The van der Waals surface area contributed by atoms with Crippen molar-refractivity contribution < 1.29 is 0 Å². The molecule has 1 nitrogen and oxygen atoms in total. The average molecular weight is 352 g/mol. The third-order valence-corrected chi connectivity index (χ3v) is 6.46. The van der Waals surface area contributed by atoms with Gasteiger partial charge < -0.3 is 4.90 Å². The molecule has 0 saturated heterocycles. The maximum absolute atomic E-state index is 2.55. The van der Waals surface area contributed by atoms with Gasteiger partial charge in [-0.25, -0.2) is 0 Å². The summed E-state index contributed by atoms with van der Waals surface area (Å²) in [5, 5.41) is 0. The summed E-state index contributed by atoms with van der Waals surface area (Å²) in [5.74, 6) is 1.10. The summed E-state index contributed by atoms with van der Waals surface area (Å²) >= 11 is 0. The average Bonchev–Trinajstić information content (AvgIpc) is 2.66. The van der Waals surface area contributed by atoms with Gasteiger partial charge in [0, 0.05) is 0 Å². The Labute approximate surface area is 160 Å². The predicted octanol–water partition coefficient (Wildman–Crippen LogP) is 7.98. The van der Waals surface area contributed by atoms with Crippen LogP contribution in [-0.2, 0) is 0 Å². The molecule has 1 heteroatoms. The first-order valence-electron chi connectivity index (χ1n) is 12.1. The lowest BCUT2D eigenvalue weighted by atomic mass is 9.85. The van der Waals surface area contributed by atoms with Gasteiger partial charge in [0.15, 0.2) is 0 Å². The van der Waals surface area contributed by atoms with Gasteiger partial charge >= 0.3 is 0 Å². The Hall–Kier alpha value is -0.0400. The molecule has 1 rings (SSSR count). The summed E-state index contributed by atoms with van der Waals surface area (Å²) in [6.45, 7) is 8.31. The van der Waals surface area contributed by atoms with E-state index in [1.807, 2.05) is 0 Å². The van der Waals surface area contributed by atoms with Crippen molar-refractivity contribution in [1.82, 2.24) is 4.90 Å². The zero-order valence-electron chi connectivity index (χ0n) is 17.9. The van der Waals surface area contributed by atoms with E-state index in [0.29, 0.717) is 0 Å². The largest absolute Gasteiger partial charge is 0.304 e. The fraction of sp³-hybridized carbons (Fsp3) is 1.00. The van der Waals surface area contributed by atoms with Crippen LogP contribution in [0.5, 0.6) is 0 Å². The molecule has 0 aromatic heterocycles. The smallest absolute Gasteiger partial charge is 0.00190 e. The van der Waals surface area contributed by atoms with Crippen LogP contribution in [0, 0.1) is 5.92 Å². The van der Waals surface area contributed by atoms with Crippen LogP contribution in [0.25, 0.3) is 0 Å². The Kier molecular flexibility index (Phi) is 16.0. The minimum atomic E-state index is 1.10. The van der Waals surface area contributed by atoms with Gasteiger partial charge in [-0.1, -0.05) is 123 Å². The molecule has 0 aliphatic heterocycles. The minimum absolute atomic E-state index is 1.10. The van der Waals surface area contributed by atoms with Gasteiger partial charge in [-0.3, -0.25) is 0 Å². The van der Waals surface area contributed by atoms with Gasteiger partial charge in [0.2, 0.25) is 0 Å². The van der Waals surface area contributed by atoms with E-state index in [0.717, 1.165) is 5.92 Å². The summed E-state index contributed by atoms with van der Waals surface area (Å²) < 4.78 is 0. The summed E-state index contributed by atoms with van der Waals surface area (Å²) in [6, 6.07) is 0. The van der Waals surface area contributed by atoms with Crippen molar-refractivity contribution in [1.29, 1.82) is 0 Å². The van der Waals surface area contributed by atoms with Crippen molar-refractivity contribution in [3.63, 3.8) is 0 Å². The Morgan fingerprint density at radius 3 is 1.48 bits per heavy atom. The molecule has 0 spiro atoms. The van der Waals surface area contributed by atoms with Crippen molar-refractivity contribution in [3.8, 4) is 0 Å². The first-order valence-corrected chi connectivity index (χ1v) is 12.1. The molecule has 0 unspecified atom stereocenters. The summed E-state index contributed by atoms with van der Waals surface area (Å²) in [7, 11) is 0. The van der Waals surface area contributed by atoms with Gasteiger partial charge in [-0.05, 0) is 32.0 Å². The zero-order chi connectivity index (χ0) is 18.0. The SMILES string of the molecule is CCN(CC)CCCCCCCCCCCCCCC1CCCCC1. The van der Waals surface area contributed by atoms with Crippen molar-refractivity contribution in [2.75, 3.05) is 19.6 Å². The summed E-state index contributed by atoms with van der Waals surface area (Å²) in [6.07, 6.45) is 26.9. The molecule has 0 bridgehead atoms. The van der Waals surface area contributed by atoms with E-state index in [1.54, 1.807) is 0 Å². The number of rotatable bonds is 17. The standard InChI is InChI=1S/C24H49N/c1-3-25(4-2)23-19-14-12-10-8-6-5-7-9-11-13-16-20-24-21-17-15-18-22-24/h24H,3-23H2,1-2H3. The molecule has 0 atom stereocenters. The van der Waals surface area contributed by atoms with Crippen LogP contribution in [-0.4, -0.2) is 24.5 Å². The Balaban J connectivity index is 1.70. The molecule has 0 aromatic rings. The van der Waals surface area contributed by atoms with E-state index in [1.165, 1.54) is 135 Å². The van der Waals surface area contributed by atoms with Crippen molar-refractivity contribution >= 4 is 0 Å². The number of nitrogens with zero attached hydrogens (tertiary/aromatic N) is 1. The van der Waals surface area contributed by atoms with E-state index in [9.17, 15) is 0 Å². The second kappa shape index (κ2) is 17.4. The first-order chi connectivity index (χ1) is 12.4. The quantitative estimate of drug-likeness (QED) is 0.240. The highest BCUT2D eigenvalue weighted by Gasteiger charge is 2.12. The Morgan fingerprint density at radius 2 is 1.00 bits per heavy atom. The van der Waals surface area contributed by atoms with Gasteiger partial charge in [-0.2, -0.15) is 0 Å². The van der Waals surface area contributed by atoms with E-state index in [2.05, 4.69) is 18.7 Å². The molecular formula is C24H49N. The third-order valence-electron chi connectivity index (χ3n) is 6.46. The Morgan fingerprint density at radius 1 is 0.560 bits per heavy atom. The normalized spacial score (nSPS) is 16.0. The van der Waals surface area contributed by atoms with E-state index < -0.39 is 0 Å². The molecule has 0 N–H and O–H groups in total. The van der Waals surface area contributed by atoms with Gasteiger partial charge in [0.25, 0.3) is 0 Å². The lowest BCUT2D eigenvalue weighted by Gasteiger charge is -2.21. The minimum Gasteiger partial charge on any atom is -0.304 e. The van der Waals surface area contributed by atoms with Crippen LogP contribution in [0.4, 0.5) is 0 Å². The molecular weight excluding hydrogens is 302 g/mol. The molecule has 0 aromatic carbocycles. The second-order valence-corrected chi connectivity index (χ2v) is 8.56. The molecule has 25 heavy (non-hydrogen) atoms. The van der Waals surface area contributed by atoms with Gasteiger partial charge in [-0.15, -0.1) is 0 Å². The molecule has 1 saturated carbocycles. The molecule has 150 valence electrons. The van der Waals surface area contributed by atoms with E-state index in [-0.39, 0.29) is 0 Å². The zero-order valence-corrected chi connectivity index (χ0v) is 17.9. The van der Waals surface area contributed by atoms with Crippen LogP contribution in [0.3, 0.4) is 0 Å². The highest BCUT2D eigenvalue weighted by atomic mass is 15.1. The lowest BCUT2D eigenvalue weighted by Crippen LogP contribution is -2.23. The highest BCUT2D eigenvalue weighted by Crippen LogP contribution is 2.28. The first kappa shape index (κ1) is 23.0. The van der Waals surface area contributed by atoms with E-state index in [4.69, 9.17) is 0 Å². The summed E-state index contributed by atoms with van der Waals surface area (Å²) in [5.41, 5.74) is 0. The monoisotopic (exact) mass is 351 g/mol. The number of hydrogen-bond acceptors (Lipinski definition) is 1. The van der Waals surface area contributed by atoms with Crippen molar-refractivity contribution in [2.24, 2.45) is 5.92 Å². The molecule has 1 aliphatic rings.